The lowest BCUT2D eigenvalue weighted by molar-refractivity contribution is -0.128. The summed E-state index contributed by atoms with van der Waals surface area (Å²) in [6.45, 7) is 4.49. The van der Waals surface area contributed by atoms with Gasteiger partial charge in [-0.15, -0.1) is 0 Å². The van der Waals surface area contributed by atoms with Crippen molar-refractivity contribution in [1.82, 2.24) is 16.0 Å². The molecule has 1 rings (SSSR count). The van der Waals surface area contributed by atoms with Gasteiger partial charge in [-0.2, -0.15) is 0 Å². The van der Waals surface area contributed by atoms with Crippen LogP contribution in [-0.2, 0) is 19.4 Å². The van der Waals surface area contributed by atoms with Gasteiger partial charge in [0.2, 0.25) is 11.8 Å². The molecule has 0 aromatic carbocycles. The van der Waals surface area contributed by atoms with Crippen molar-refractivity contribution in [3.63, 3.8) is 0 Å². The average Bonchev–Trinajstić information content (AvgIpc) is 2.34. The van der Waals surface area contributed by atoms with Gasteiger partial charge in [0.1, 0.15) is 6.04 Å². The molecule has 0 aromatic heterocycles. The van der Waals surface area contributed by atoms with E-state index in [9.17, 15) is 18.0 Å². The Balaban J connectivity index is 2.37. The average molecular weight is 305 g/mol. The standard InChI is InChI=1S/C12H23N3O4S/c1-3-4-14-12(17)9(2)15-11(16)7-10-8-20(18,19)6-5-13-10/h9-10,13H,3-8H2,1-2H3,(H,14,17)(H,15,16). The zero-order valence-corrected chi connectivity index (χ0v) is 12.8. The molecule has 20 heavy (non-hydrogen) atoms. The first kappa shape index (κ1) is 16.9. The number of carbonyl (C=O) groups is 2. The van der Waals surface area contributed by atoms with Gasteiger partial charge in [0, 0.05) is 25.6 Å². The summed E-state index contributed by atoms with van der Waals surface area (Å²) >= 11 is 0. The van der Waals surface area contributed by atoms with Gasteiger partial charge in [0.15, 0.2) is 9.84 Å². The Bertz CT molecular complexity index is 450. The molecule has 7 nitrogen and oxygen atoms in total. The van der Waals surface area contributed by atoms with Gasteiger partial charge < -0.3 is 16.0 Å². The zero-order chi connectivity index (χ0) is 15.2. The van der Waals surface area contributed by atoms with E-state index in [4.69, 9.17) is 0 Å². The molecule has 3 N–H and O–H groups in total. The molecule has 0 aliphatic carbocycles. The van der Waals surface area contributed by atoms with Crippen LogP contribution in [0.25, 0.3) is 0 Å². The van der Waals surface area contributed by atoms with Crippen LogP contribution >= 0.6 is 0 Å². The van der Waals surface area contributed by atoms with Crippen LogP contribution in [-0.4, -0.2) is 56.9 Å². The SMILES string of the molecule is CCCNC(=O)C(C)NC(=O)CC1CS(=O)(=O)CCN1. The number of rotatable bonds is 6. The predicted octanol–water partition coefficient (Wildman–Crippen LogP) is -1.21. The maximum Gasteiger partial charge on any atom is 0.242 e. The molecule has 1 saturated heterocycles. The predicted molar refractivity (Wildman–Crippen MR) is 76.0 cm³/mol. The number of amides is 2. The van der Waals surface area contributed by atoms with Crippen molar-refractivity contribution < 1.29 is 18.0 Å². The van der Waals surface area contributed by atoms with Crippen LogP contribution in [0.2, 0.25) is 0 Å². The second-order valence-electron chi connectivity index (χ2n) is 5.05. The third kappa shape index (κ3) is 5.87. The fraction of sp³-hybridized carbons (Fsp3) is 0.833. The molecule has 0 spiro atoms. The minimum absolute atomic E-state index is 0.0309. The van der Waals surface area contributed by atoms with Gasteiger partial charge in [-0.25, -0.2) is 8.42 Å². The normalized spacial score (nSPS) is 22.8. The van der Waals surface area contributed by atoms with Crippen LogP contribution in [0.1, 0.15) is 26.7 Å². The van der Waals surface area contributed by atoms with Crippen molar-refractivity contribution in [3.8, 4) is 0 Å². The smallest absolute Gasteiger partial charge is 0.242 e. The van der Waals surface area contributed by atoms with Crippen LogP contribution in [0.4, 0.5) is 0 Å². The highest BCUT2D eigenvalue weighted by molar-refractivity contribution is 7.91. The fourth-order valence-corrected chi connectivity index (χ4v) is 3.43. The Labute approximate surface area is 119 Å². The second-order valence-corrected chi connectivity index (χ2v) is 7.28. The molecule has 2 atom stereocenters. The third-order valence-electron chi connectivity index (χ3n) is 3.05. The summed E-state index contributed by atoms with van der Waals surface area (Å²) in [5, 5.41) is 8.27. The quantitative estimate of drug-likeness (QED) is 0.571. The summed E-state index contributed by atoms with van der Waals surface area (Å²) in [5.74, 6) is -0.471. The van der Waals surface area contributed by atoms with E-state index < -0.39 is 15.9 Å². The summed E-state index contributed by atoms with van der Waals surface area (Å²) in [6, 6.07) is -0.992. The molecule has 2 unspecified atom stereocenters. The van der Waals surface area contributed by atoms with Gasteiger partial charge in [-0.3, -0.25) is 9.59 Å². The maximum atomic E-state index is 11.8. The lowest BCUT2D eigenvalue weighted by Gasteiger charge is -2.23. The molecule has 1 heterocycles. The molecule has 2 amide bonds. The Morgan fingerprint density at radius 2 is 2.10 bits per heavy atom. The summed E-state index contributed by atoms with van der Waals surface area (Å²) in [5.41, 5.74) is 0. The van der Waals surface area contributed by atoms with Crippen LogP contribution in [0.5, 0.6) is 0 Å². The monoisotopic (exact) mass is 305 g/mol. The summed E-state index contributed by atoms with van der Waals surface area (Å²) in [7, 11) is -3.06. The topological polar surface area (TPSA) is 104 Å². The van der Waals surface area contributed by atoms with Crippen molar-refractivity contribution >= 4 is 21.7 Å². The fourth-order valence-electron chi connectivity index (χ4n) is 1.99. The Kier molecular flexibility index (Phi) is 6.41. The van der Waals surface area contributed by atoms with Crippen molar-refractivity contribution in [1.29, 1.82) is 0 Å². The van der Waals surface area contributed by atoms with Crippen molar-refractivity contribution in [2.45, 2.75) is 38.8 Å². The highest BCUT2D eigenvalue weighted by atomic mass is 32.2. The molecule has 1 aliphatic heterocycles. The minimum Gasteiger partial charge on any atom is -0.354 e. The Morgan fingerprint density at radius 1 is 1.40 bits per heavy atom. The van der Waals surface area contributed by atoms with Gasteiger partial charge in [-0.05, 0) is 13.3 Å². The first-order valence-electron chi connectivity index (χ1n) is 6.85. The van der Waals surface area contributed by atoms with Gasteiger partial charge >= 0.3 is 0 Å². The second kappa shape index (κ2) is 7.58. The summed E-state index contributed by atoms with van der Waals surface area (Å²) < 4.78 is 22.9. The molecule has 0 radical (unpaired) electrons. The molecular formula is C12H23N3O4S. The van der Waals surface area contributed by atoms with Crippen LogP contribution in [0, 0.1) is 0 Å². The zero-order valence-electron chi connectivity index (χ0n) is 11.9. The maximum absolute atomic E-state index is 11.8. The molecule has 1 aliphatic rings. The number of hydrogen-bond donors (Lipinski definition) is 3. The van der Waals surface area contributed by atoms with E-state index >= 15 is 0 Å². The van der Waals surface area contributed by atoms with Gasteiger partial charge in [0.05, 0.1) is 11.5 Å². The molecule has 0 aromatic rings. The first-order chi connectivity index (χ1) is 9.34. The molecule has 116 valence electrons. The van der Waals surface area contributed by atoms with E-state index in [1.807, 2.05) is 6.92 Å². The van der Waals surface area contributed by atoms with E-state index in [0.717, 1.165) is 6.42 Å². The van der Waals surface area contributed by atoms with Crippen LogP contribution in [0.3, 0.4) is 0 Å². The molecular weight excluding hydrogens is 282 g/mol. The van der Waals surface area contributed by atoms with Crippen LogP contribution in [0.15, 0.2) is 0 Å². The van der Waals surface area contributed by atoms with Gasteiger partial charge in [0.25, 0.3) is 0 Å². The molecule has 1 fully saturated rings. The van der Waals surface area contributed by atoms with E-state index in [1.54, 1.807) is 6.92 Å². The lowest BCUT2D eigenvalue weighted by atomic mass is 10.2. The third-order valence-corrected chi connectivity index (χ3v) is 4.79. The summed E-state index contributed by atoms with van der Waals surface area (Å²) in [4.78, 5) is 23.4. The van der Waals surface area contributed by atoms with E-state index in [1.165, 1.54) is 0 Å². The van der Waals surface area contributed by atoms with Gasteiger partial charge in [-0.1, -0.05) is 6.92 Å². The highest BCUT2D eigenvalue weighted by Gasteiger charge is 2.26. The number of hydrogen-bond acceptors (Lipinski definition) is 5. The summed E-state index contributed by atoms with van der Waals surface area (Å²) in [6.07, 6.45) is 0.890. The molecule has 0 saturated carbocycles. The molecule has 8 heteroatoms. The van der Waals surface area contributed by atoms with Crippen molar-refractivity contribution in [2.24, 2.45) is 0 Å². The Morgan fingerprint density at radius 3 is 2.70 bits per heavy atom. The van der Waals surface area contributed by atoms with Crippen molar-refractivity contribution in [2.75, 3.05) is 24.6 Å². The van der Waals surface area contributed by atoms with Crippen LogP contribution < -0.4 is 16.0 Å². The van der Waals surface area contributed by atoms with E-state index in [2.05, 4.69) is 16.0 Å². The van der Waals surface area contributed by atoms with Crippen molar-refractivity contribution in [3.05, 3.63) is 0 Å². The minimum atomic E-state index is -3.06. The largest absolute Gasteiger partial charge is 0.354 e. The number of sulfone groups is 1. The Hall–Kier alpha value is -1.15. The van der Waals surface area contributed by atoms with E-state index in [-0.39, 0.29) is 35.8 Å². The number of nitrogens with one attached hydrogen (secondary N) is 3. The number of carbonyl (C=O) groups excluding carboxylic acids is 2. The first-order valence-corrected chi connectivity index (χ1v) is 8.67. The van der Waals surface area contributed by atoms with E-state index in [0.29, 0.717) is 13.1 Å². The highest BCUT2D eigenvalue weighted by Crippen LogP contribution is 2.05. The molecule has 0 bridgehead atoms. The lowest BCUT2D eigenvalue weighted by Crippen LogP contribution is -2.50.